The van der Waals surface area contributed by atoms with Crippen LogP contribution in [0.1, 0.15) is 22.3 Å². The van der Waals surface area contributed by atoms with Gasteiger partial charge in [0.05, 0.1) is 12.2 Å². The molecule has 4 aromatic carbocycles. The molecule has 5 rings (SSSR count). The zero-order valence-electron chi connectivity index (χ0n) is 20.5. The molecule has 1 heterocycles. The minimum Gasteiger partial charge on any atom is -0.371 e. The van der Waals surface area contributed by atoms with Crippen molar-refractivity contribution in [2.75, 3.05) is 0 Å². The van der Waals surface area contributed by atoms with Gasteiger partial charge >= 0.3 is 0 Å². The topological polar surface area (TPSA) is 61.4 Å². The molecule has 1 atom stereocenters. The lowest BCUT2D eigenvalue weighted by molar-refractivity contribution is -0.135. The fourth-order valence-corrected chi connectivity index (χ4v) is 4.57. The molecule has 5 heteroatoms. The Hall–Kier alpha value is -4.64. The molecule has 1 unspecified atom stereocenters. The lowest BCUT2D eigenvalue weighted by atomic mass is 9.98. The number of amides is 2. The average Bonchev–Trinajstić information content (AvgIpc) is 2.96. The molecule has 0 radical (unpaired) electrons. The predicted molar refractivity (Wildman–Crippen MR) is 146 cm³/mol. The van der Waals surface area contributed by atoms with E-state index in [1.807, 2.05) is 121 Å². The number of nitrogens with zero attached hydrogens (tertiary/aromatic N) is 1. The molecule has 0 aliphatic carbocycles. The van der Waals surface area contributed by atoms with E-state index >= 15 is 0 Å². The molecule has 184 valence electrons. The third-order valence-electron chi connectivity index (χ3n) is 6.43. The molecule has 2 N–H and O–H groups in total. The van der Waals surface area contributed by atoms with Crippen molar-refractivity contribution in [1.82, 2.24) is 15.5 Å². The van der Waals surface area contributed by atoms with Crippen LogP contribution in [-0.4, -0.2) is 22.8 Å². The van der Waals surface area contributed by atoms with E-state index < -0.39 is 6.04 Å². The Balaban J connectivity index is 1.56. The normalized spacial score (nSPS) is 15.3. The molecule has 0 aromatic heterocycles. The smallest absolute Gasteiger partial charge is 0.270 e. The highest BCUT2D eigenvalue weighted by Crippen LogP contribution is 2.28. The van der Waals surface area contributed by atoms with Gasteiger partial charge in [-0.2, -0.15) is 0 Å². The van der Waals surface area contributed by atoms with Crippen LogP contribution in [0.2, 0.25) is 0 Å². The van der Waals surface area contributed by atoms with E-state index in [-0.39, 0.29) is 11.8 Å². The second-order valence-corrected chi connectivity index (χ2v) is 9.05. The third kappa shape index (κ3) is 5.78. The number of rotatable bonds is 8. The summed E-state index contributed by atoms with van der Waals surface area (Å²) >= 11 is 0. The van der Waals surface area contributed by atoms with Crippen LogP contribution in [0.4, 0.5) is 0 Å². The fraction of sp³-hybridized carbons (Fsp3) is 0.125. The number of nitrogens with one attached hydrogen (secondary N) is 2. The summed E-state index contributed by atoms with van der Waals surface area (Å²) in [5.41, 5.74) is 4.85. The maximum atomic E-state index is 13.9. The Kier molecular flexibility index (Phi) is 7.42. The highest BCUT2D eigenvalue weighted by atomic mass is 16.2. The summed E-state index contributed by atoms with van der Waals surface area (Å²) in [7, 11) is 0. The van der Waals surface area contributed by atoms with Crippen LogP contribution in [0, 0.1) is 0 Å². The van der Waals surface area contributed by atoms with Crippen molar-refractivity contribution in [3.05, 3.63) is 149 Å². The molecule has 4 aromatic rings. The van der Waals surface area contributed by atoms with Crippen LogP contribution in [0.25, 0.3) is 5.70 Å². The van der Waals surface area contributed by atoms with Gasteiger partial charge in [0.2, 0.25) is 5.91 Å². The van der Waals surface area contributed by atoms with Crippen LogP contribution in [0.5, 0.6) is 0 Å². The molecule has 5 nitrogen and oxygen atoms in total. The fourth-order valence-electron chi connectivity index (χ4n) is 4.57. The zero-order valence-corrected chi connectivity index (χ0v) is 20.5. The molecule has 37 heavy (non-hydrogen) atoms. The minimum atomic E-state index is -0.507. The summed E-state index contributed by atoms with van der Waals surface area (Å²) in [6, 6.07) is 38.7. The highest BCUT2D eigenvalue weighted by molar-refractivity contribution is 6.07. The Morgan fingerprint density at radius 2 is 1.22 bits per heavy atom. The first-order chi connectivity index (χ1) is 18.2. The van der Waals surface area contributed by atoms with E-state index in [0.717, 1.165) is 22.3 Å². The van der Waals surface area contributed by atoms with Gasteiger partial charge in [0.25, 0.3) is 5.91 Å². The SMILES string of the molecule is O=C(NCc1ccccc1)C1=C(c2ccccc2)NC(Cc2ccccc2)C(=O)N1Cc1ccccc1. The van der Waals surface area contributed by atoms with E-state index in [0.29, 0.717) is 30.9 Å². The molecule has 0 spiro atoms. The Morgan fingerprint density at radius 1 is 0.703 bits per heavy atom. The van der Waals surface area contributed by atoms with Crippen LogP contribution in [0.3, 0.4) is 0 Å². The number of carbonyl (C=O) groups is 2. The van der Waals surface area contributed by atoms with Crippen molar-refractivity contribution < 1.29 is 9.59 Å². The highest BCUT2D eigenvalue weighted by Gasteiger charge is 2.38. The van der Waals surface area contributed by atoms with Crippen molar-refractivity contribution in [2.24, 2.45) is 0 Å². The number of carbonyl (C=O) groups excluding carboxylic acids is 2. The summed E-state index contributed by atoms with van der Waals surface area (Å²) in [6.07, 6.45) is 0.514. The second kappa shape index (κ2) is 11.4. The average molecular weight is 488 g/mol. The van der Waals surface area contributed by atoms with E-state index in [2.05, 4.69) is 10.6 Å². The molecular weight excluding hydrogens is 458 g/mol. The van der Waals surface area contributed by atoms with Gasteiger partial charge in [-0.3, -0.25) is 14.5 Å². The van der Waals surface area contributed by atoms with Gasteiger partial charge in [-0.1, -0.05) is 121 Å². The minimum absolute atomic E-state index is 0.128. The molecule has 0 saturated heterocycles. The van der Waals surface area contributed by atoms with Gasteiger partial charge in [0, 0.05) is 13.0 Å². The van der Waals surface area contributed by atoms with Crippen LogP contribution in [0.15, 0.2) is 127 Å². The molecule has 0 saturated carbocycles. The Labute approximate surface area is 217 Å². The van der Waals surface area contributed by atoms with Gasteiger partial charge in [-0.05, 0) is 22.3 Å². The van der Waals surface area contributed by atoms with E-state index in [1.165, 1.54) is 0 Å². The van der Waals surface area contributed by atoms with Crippen molar-refractivity contribution in [1.29, 1.82) is 0 Å². The van der Waals surface area contributed by atoms with Crippen molar-refractivity contribution in [3.63, 3.8) is 0 Å². The predicted octanol–water partition coefficient (Wildman–Crippen LogP) is 4.91. The van der Waals surface area contributed by atoms with Gasteiger partial charge < -0.3 is 10.6 Å². The largest absolute Gasteiger partial charge is 0.371 e. The van der Waals surface area contributed by atoms with Crippen molar-refractivity contribution in [3.8, 4) is 0 Å². The molecule has 1 aliphatic rings. The standard InChI is InChI=1S/C32H29N3O2/c36-31(33-22-25-15-7-2-8-16-25)30-29(27-19-11-4-12-20-27)34-28(21-24-13-5-1-6-14-24)32(37)35(30)23-26-17-9-3-10-18-26/h1-20,28,34H,21-23H2,(H,33,36). The van der Waals surface area contributed by atoms with Gasteiger partial charge in [-0.25, -0.2) is 0 Å². The van der Waals surface area contributed by atoms with Gasteiger partial charge in [-0.15, -0.1) is 0 Å². The van der Waals surface area contributed by atoms with Crippen LogP contribution < -0.4 is 10.6 Å². The van der Waals surface area contributed by atoms with E-state index in [9.17, 15) is 9.59 Å². The van der Waals surface area contributed by atoms with Crippen LogP contribution in [-0.2, 0) is 29.1 Å². The zero-order chi connectivity index (χ0) is 25.5. The maximum Gasteiger partial charge on any atom is 0.270 e. The summed E-state index contributed by atoms with van der Waals surface area (Å²) in [4.78, 5) is 29.4. The lowest BCUT2D eigenvalue weighted by Crippen LogP contribution is -2.54. The number of hydrogen-bond donors (Lipinski definition) is 2. The first-order valence-electron chi connectivity index (χ1n) is 12.5. The molecule has 0 bridgehead atoms. The van der Waals surface area contributed by atoms with Gasteiger partial charge in [0.15, 0.2) is 0 Å². The number of hydrogen-bond acceptors (Lipinski definition) is 3. The molecule has 0 fully saturated rings. The summed E-state index contributed by atoms with van der Waals surface area (Å²) in [5.74, 6) is -0.421. The van der Waals surface area contributed by atoms with Crippen molar-refractivity contribution >= 4 is 17.5 Å². The second-order valence-electron chi connectivity index (χ2n) is 9.05. The van der Waals surface area contributed by atoms with Crippen LogP contribution >= 0.6 is 0 Å². The summed E-state index contributed by atoms with van der Waals surface area (Å²) in [5, 5.41) is 6.48. The Morgan fingerprint density at radius 3 is 1.81 bits per heavy atom. The monoisotopic (exact) mass is 487 g/mol. The quantitative estimate of drug-likeness (QED) is 0.371. The van der Waals surface area contributed by atoms with Gasteiger partial charge in [0.1, 0.15) is 11.7 Å². The van der Waals surface area contributed by atoms with E-state index in [4.69, 9.17) is 0 Å². The number of benzene rings is 4. The summed E-state index contributed by atoms with van der Waals surface area (Å²) in [6.45, 7) is 0.670. The molecule has 2 amide bonds. The molecule has 1 aliphatic heterocycles. The lowest BCUT2D eigenvalue weighted by Gasteiger charge is -2.37. The third-order valence-corrected chi connectivity index (χ3v) is 6.43. The first kappa shape index (κ1) is 24.1. The maximum absolute atomic E-state index is 13.9. The Bertz CT molecular complexity index is 1370. The summed E-state index contributed by atoms with van der Waals surface area (Å²) < 4.78 is 0. The van der Waals surface area contributed by atoms with Crippen molar-refractivity contribution in [2.45, 2.75) is 25.6 Å². The first-order valence-corrected chi connectivity index (χ1v) is 12.5. The molecular formula is C32H29N3O2. The van der Waals surface area contributed by atoms with E-state index in [1.54, 1.807) is 4.90 Å².